The Kier molecular flexibility index (Phi) is 2.47. The molecule has 2 rings (SSSR count). The van der Waals surface area contributed by atoms with Crippen LogP contribution in [0.5, 0.6) is 0 Å². The van der Waals surface area contributed by atoms with Crippen molar-refractivity contribution in [2.75, 3.05) is 4.90 Å². The van der Waals surface area contributed by atoms with E-state index in [9.17, 15) is 9.59 Å². The van der Waals surface area contributed by atoms with Crippen LogP contribution in [0.15, 0.2) is 6.20 Å². The number of thiocarbonyl (C=S) groups is 1. The Morgan fingerprint density at radius 1 is 1.44 bits per heavy atom. The highest BCUT2D eigenvalue weighted by atomic mass is 32.1. The molecule has 1 aliphatic heterocycles. The molecular formula is C9H10N4O2S. The summed E-state index contributed by atoms with van der Waals surface area (Å²) < 4.78 is 1.43. The molecule has 0 atom stereocenters. The van der Waals surface area contributed by atoms with E-state index >= 15 is 0 Å². The molecule has 1 aliphatic rings. The van der Waals surface area contributed by atoms with E-state index in [1.54, 1.807) is 7.05 Å². The number of amides is 2. The highest BCUT2D eigenvalue weighted by molar-refractivity contribution is 7.80. The van der Waals surface area contributed by atoms with Gasteiger partial charge in [0.05, 0.1) is 11.8 Å². The van der Waals surface area contributed by atoms with Crippen molar-refractivity contribution in [1.82, 2.24) is 9.78 Å². The summed E-state index contributed by atoms with van der Waals surface area (Å²) in [5.41, 5.74) is 5.96. The molecule has 2 amide bonds. The normalized spacial score (nSPS) is 15.9. The largest absolute Gasteiger partial charge is 0.389 e. The third kappa shape index (κ3) is 1.49. The fraction of sp³-hybridized carbons (Fsp3) is 0.333. The van der Waals surface area contributed by atoms with Crippen LogP contribution in [0, 0.1) is 0 Å². The van der Waals surface area contributed by atoms with Gasteiger partial charge in [-0.2, -0.15) is 5.10 Å². The van der Waals surface area contributed by atoms with Crippen molar-refractivity contribution in [3.05, 3.63) is 11.8 Å². The van der Waals surface area contributed by atoms with Crippen LogP contribution in [0.25, 0.3) is 0 Å². The Morgan fingerprint density at radius 3 is 2.50 bits per heavy atom. The molecular weight excluding hydrogens is 228 g/mol. The number of rotatable bonds is 2. The van der Waals surface area contributed by atoms with Crippen molar-refractivity contribution < 1.29 is 9.59 Å². The molecule has 16 heavy (non-hydrogen) atoms. The second-order valence-corrected chi connectivity index (χ2v) is 3.93. The first-order chi connectivity index (χ1) is 7.52. The third-order valence-electron chi connectivity index (χ3n) is 2.44. The van der Waals surface area contributed by atoms with E-state index in [4.69, 9.17) is 18.0 Å². The lowest BCUT2D eigenvalue weighted by molar-refractivity contribution is -0.121. The maximum atomic E-state index is 11.6. The lowest BCUT2D eigenvalue weighted by atomic mass is 10.3. The van der Waals surface area contributed by atoms with Crippen LogP contribution in [0.2, 0.25) is 0 Å². The van der Waals surface area contributed by atoms with Crippen LogP contribution in [-0.2, 0) is 16.6 Å². The minimum atomic E-state index is -0.244. The molecule has 1 aromatic rings. The average molecular weight is 238 g/mol. The van der Waals surface area contributed by atoms with Crippen molar-refractivity contribution in [1.29, 1.82) is 0 Å². The summed E-state index contributed by atoms with van der Waals surface area (Å²) in [4.78, 5) is 24.4. The van der Waals surface area contributed by atoms with E-state index in [0.717, 1.165) is 4.90 Å². The zero-order valence-electron chi connectivity index (χ0n) is 8.64. The number of carbonyl (C=O) groups is 2. The molecule has 0 saturated carbocycles. The highest BCUT2D eigenvalue weighted by Gasteiger charge is 2.34. The van der Waals surface area contributed by atoms with Gasteiger partial charge in [-0.1, -0.05) is 12.2 Å². The fourth-order valence-corrected chi connectivity index (χ4v) is 1.83. The topological polar surface area (TPSA) is 81.2 Å². The van der Waals surface area contributed by atoms with Gasteiger partial charge in [0.15, 0.2) is 5.82 Å². The molecule has 1 aromatic heterocycles. The lowest BCUT2D eigenvalue weighted by Crippen LogP contribution is -2.32. The molecule has 6 nitrogen and oxygen atoms in total. The Balaban J connectivity index is 2.54. The summed E-state index contributed by atoms with van der Waals surface area (Å²) in [6.45, 7) is 0. The molecule has 84 valence electrons. The number of imide groups is 1. The monoisotopic (exact) mass is 238 g/mol. The summed E-state index contributed by atoms with van der Waals surface area (Å²) >= 11 is 4.85. The number of aryl methyl sites for hydroxylation is 1. The second-order valence-electron chi connectivity index (χ2n) is 3.49. The van der Waals surface area contributed by atoms with Gasteiger partial charge in [-0.25, -0.2) is 4.90 Å². The average Bonchev–Trinajstić information content (AvgIpc) is 2.71. The van der Waals surface area contributed by atoms with E-state index in [1.807, 2.05) is 0 Å². The third-order valence-corrected chi connectivity index (χ3v) is 2.66. The van der Waals surface area contributed by atoms with Crippen LogP contribution in [0.1, 0.15) is 18.4 Å². The zero-order chi connectivity index (χ0) is 11.9. The summed E-state index contributed by atoms with van der Waals surface area (Å²) in [6.07, 6.45) is 1.90. The molecule has 0 aromatic carbocycles. The minimum absolute atomic E-state index is 0.121. The first-order valence-electron chi connectivity index (χ1n) is 4.70. The van der Waals surface area contributed by atoms with Crippen LogP contribution in [-0.4, -0.2) is 26.6 Å². The van der Waals surface area contributed by atoms with Crippen LogP contribution >= 0.6 is 12.2 Å². The summed E-state index contributed by atoms with van der Waals surface area (Å²) in [5.74, 6) is -0.128. The van der Waals surface area contributed by atoms with Crippen molar-refractivity contribution in [3.8, 4) is 0 Å². The van der Waals surface area contributed by atoms with Crippen LogP contribution < -0.4 is 10.6 Å². The quantitative estimate of drug-likeness (QED) is 0.565. The van der Waals surface area contributed by atoms with Gasteiger partial charge in [0, 0.05) is 19.9 Å². The Bertz CT molecular complexity index is 478. The molecule has 0 bridgehead atoms. The maximum Gasteiger partial charge on any atom is 0.235 e. The molecule has 2 heterocycles. The predicted molar refractivity (Wildman–Crippen MR) is 60.8 cm³/mol. The molecule has 0 spiro atoms. The Hall–Kier alpha value is -1.76. The van der Waals surface area contributed by atoms with E-state index in [-0.39, 0.29) is 29.6 Å². The maximum absolute atomic E-state index is 11.6. The standard InChI is InChI=1S/C9H10N4O2S/c1-12-9(5(4-11-12)8(10)16)13-6(14)2-3-7(13)15/h4H,2-3H2,1H3,(H2,10,16). The van der Waals surface area contributed by atoms with Gasteiger partial charge in [-0.3, -0.25) is 14.3 Å². The highest BCUT2D eigenvalue weighted by Crippen LogP contribution is 2.25. The van der Waals surface area contributed by atoms with E-state index in [2.05, 4.69) is 5.10 Å². The molecule has 1 fully saturated rings. The SMILES string of the molecule is Cn1ncc(C(N)=S)c1N1C(=O)CCC1=O. The van der Waals surface area contributed by atoms with Gasteiger partial charge in [0.25, 0.3) is 0 Å². The van der Waals surface area contributed by atoms with Crippen LogP contribution in [0.4, 0.5) is 5.82 Å². The molecule has 1 saturated heterocycles. The number of carbonyl (C=O) groups excluding carboxylic acids is 2. The van der Waals surface area contributed by atoms with Gasteiger partial charge in [0.1, 0.15) is 4.99 Å². The number of hydrogen-bond acceptors (Lipinski definition) is 4. The van der Waals surface area contributed by atoms with E-state index in [0.29, 0.717) is 11.4 Å². The van der Waals surface area contributed by atoms with Crippen molar-refractivity contribution in [2.45, 2.75) is 12.8 Å². The first kappa shape index (κ1) is 10.7. The number of aromatic nitrogens is 2. The lowest BCUT2D eigenvalue weighted by Gasteiger charge is -2.15. The smallest absolute Gasteiger partial charge is 0.235 e. The molecule has 0 unspecified atom stereocenters. The van der Waals surface area contributed by atoms with Crippen LogP contribution in [0.3, 0.4) is 0 Å². The van der Waals surface area contributed by atoms with Gasteiger partial charge < -0.3 is 5.73 Å². The zero-order valence-corrected chi connectivity index (χ0v) is 9.45. The molecule has 2 N–H and O–H groups in total. The van der Waals surface area contributed by atoms with Crippen molar-refractivity contribution in [2.24, 2.45) is 12.8 Å². The van der Waals surface area contributed by atoms with Crippen molar-refractivity contribution >= 4 is 34.8 Å². The predicted octanol–water partition coefficient (Wildman–Crippen LogP) is -0.292. The number of hydrogen-bond donors (Lipinski definition) is 1. The number of nitrogens with two attached hydrogens (primary N) is 1. The van der Waals surface area contributed by atoms with E-state index < -0.39 is 0 Å². The first-order valence-corrected chi connectivity index (χ1v) is 5.10. The number of nitrogens with zero attached hydrogens (tertiary/aromatic N) is 3. The number of anilines is 1. The van der Waals surface area contributed by atoms with Crippen molar-refractivity contribution in [3.63, 3.8) is 0 Å². The second kappa shape index (κ2) is 3.67. The van der Waals surface area contributed by atoms with Gasteiger partial charge >= 0.3 is 0 Å². The summed E-state index contributed by atoms with van der Waals surface area (Å²) in [6, 6.07) is 0. The van der Waals surface area contributed by atoms with Gasteiger partial charge in [-0.05, 0) is 0 Å². The molecule has 0 aliphatic carbocycles. The summed E-state index contributed by atoms with van der Waals surface area (Å²) in [7, 11) is 1.63. The van der Waals surface area contributed by atoms with Gasteiger partial charge in [0.2, 0.25) is 11.8 Å². The summed E-state index contributed by atoms with van der Waals surface area (Å²) in [5, 5.41) is 3.95. The van der Waals surface area contributed by atoms with Gasteiger partial charge in [-0.15, -0.1) is 0 Å². The van der Waals surface area contributed by atoms with E-state index in [1.165, 1.54) is 10.9 Å². The molecule has 7 heteroatoms. The Morgan fingerprint density at radius 2 is 2.00 bits per heavy atom. The Labute approximate surface area is 97.0 Å². The molecule has 0 radical (unpaired) electrons. The fourth-order valence-electron chi connectivity index (χ4n) is 1.68. The minimum Gasteiger partial charge on any atom is -0.389 e.